The number of thioether (sulfide) groups is 1. The molecule has 4 rings (SSSR count). The highest BCUT2D eigenvalue weighted by atomic mass is 32.2. The lowest BCUT2D eigenvalue weighted by molar-refractivity contribution is -0.113. The van der Waals surface area contributed by atoms with Crippen LogP contribution in [0.4, 0.5) is 5.13 Å². The molecule has 2 aromatic heterocycles. The van der Waals surface area contributed by atoms with Gasteiger partial charge in [0.25, 0.3) is 0 Å². The van der Waals surface area contributed by atoms with Crippen molar-refractivity contribution in [2.75, 3.05) is 17.7 Å². The molecule has 0 saturated heterocycles. The third-order valence-electron chi connectivity index (χ3n) is 4.16. The van der Waals surface area contributed by atoms with E-state index >= 15 is 0 Å². The molecule has 152 valence electrons. The van der Waals surface area contributed by atoms with Gasteiger partial charge in [0.05, 0.1) is 30.4 Å². The maximum Gasteiger partial charge on any atom is 0.236 e. The Hall–Kier alpha value is -3.10. The maximum absolute atomic E-state index is 12.4. The first-order valence-electron chi connectivity index (χ1n) is 9.44. The molecule has 0 aliphatic rings. The lowest BCUT2D eigenvalue weighted by atomic mass is 10.1. The first kappa shape index (κ1) is 20.2. The van der Waals surface area contributed by atoms with E-state index in [4.69, 9.17) is 4.74 Å². The Morgan fingerprint density at radius 1 is 1.07 bits per heavy atom. The van der Waals surface area contributed by atoms with Crippen molar-refractivity contribution in [1.29, 1.82) is 0 Å². The Balaban J connectivity index is 1.52. The van der Waals surface area contributed by atoms with E-state index in [1.54, 1.807) is 6.20 Å². The van der Waals surface area contributed by atoms with Gasteiger partial charge in [-0.2, -0.15) is 0 Å². The van der Waals surface area contributed by atoms with E-state index in [0.717, 1.165) is 22.1 Å². The number of carbonyl (C=O) groups is 1. The van der Waals surface area contributed by atoms with Gasteiger partial charge in [-0.15, -0.1) is 0 Å². The smallest absolute Gasteiger partial charge is 0.236 e. The SMILES string of the molecule is CCOc1cnc(NC(=O)CSc2ncc(-c3ccccc3)n2-c2ccccc2)s1. The first-order valence-corrected chi connectivity index (χ1v) is 11.2. The topological polar surface area (TPSA) is 69.0 Å². The van der Waals surface area contributed by atoms with Crippen molar-refractivity contribution in [3.63, 3.8) is 0 Å². The lowest BCUT2D eigenvalue weighted by Crippen LogP contribution is -2.14. The summed E-state index contributed by atoms with van der Waals surface area (Å²) in [6.07, 6.45) is 3.46. The van der Waals surface area contributed by atoms with Crippen molar-refractivity contribution in [2.45, 2.75) is 12.1 Å². The number of carbonyl (C=O) groups excluding carboxylic acids is 1. The highest BCUT2D eigenvalue weighted by molar-refractivity contribution is 7.99. The molecule has 0 spiro atoms. The first-order chi connectivity index (χ1) is 14.7. The van der Waals surface area contributed by atoms with E-state index in [0.29, 0.717) is 16.8 Å². The molecule has 0 atom stereocenters. The second-order valence-electron chi connectivity index (χ2n) is 6.22. The van der Waals surface area contributed by atoms with Crippen LogP contribution in [0.5, 0.6) is 5.06 Å². The number of para-hydroxylation sites is 1. The van der Waals surface area contributed by atoms with Gasteiger partial charge in [0.1, 0.15) is 0 Å². The highest BCUT2D eigenvalue weighted by Crippen LogP contribution is 2.30. The number of thiazole rings is 1. The minimum Gasteiger partial charge on any atom is -0.483 e. The normalized spacial score (nSPS) is 10.7. The van der Waals surface area contributed by atoms with Crippen LogP contribution in [-0.4, -0.2) is 32.8 Å². The Bertz CT molecular complexity index is 1110. The minimum atomic E-state index is -0.138. The molecule has 0 aliphatic carbocycles. The molecule has 1 N–H and O–H groups in total. The van der Waals surface area contributed by atoms with Crippen molar-refractivity contribution in [2.24, 2.45) is 0 Å². The van der Waals surface area contributed by atoms with Gasteiger partial charge in [0.15, 0.2) is 15.4 Å². The molecule has 0 fully saturated rings. The van der Waals surface area contributed by atoms with Gasteiger partial charge >= 0.3 is 0 Å². The number of imidazole rings is 1. The molecule has 6 nitrogen and oxygen atoms in total. The summed E-state index contributed by atoms with van der Waals surface area (Å²) < 4.78 is 7.47. The molecule has 1 amide bonds. The number of aromatic nitrogens is 3. The molecule has 2 aromatic carbocycles. The number of hydrogen-bond acceptors (Lipinski definition) is 6. The van der Waals surface area contributed by atoms with Gasteiger partial charge in [-0.1, -0.05) is 71.6 Å². The van der Waals surface area contributed by atoms with E-state index in [2.05, 4.69) is 32.0 Å². The molecule has 4 aromatic rings. The zero-order valence-electron chi connectivity index (χ0n) is 16.3. The Labute approximate surface area is 183 Å². The predicted molar refractivity (Wildman–Crippen MR) is 122 cm³/mol. The van der Waals surface area contributed by atoms with Crippen molar-refractivity contribution in [1.82, 2.24) is 14.5 Å². The summed E-state index contributed by atoms with van der Waals surface area (Å²) in [7, 11) is 0. The van der Waals surface area contributed by atoms with E-state index in [1.165, 1.54) is 23.1 Å². The van der Waals surface area contributed by atoms with Gasteiger partial charge < -0.3 is 10.1 Å². The minimum absolute atomic E-state index is 0.138. The van der Waals surface area contributed by atoms with Gasteiger partial charge in [-0.3, -0.25) is 9.36 Å². The Kier molecular flexibility index (Phi) is 6.46. The second kappa shape index (κ2) is 9.60. The third kappa shape index (κ3) is 4.72. The summed E-state index contributed by atoms with van der Waals surface area (Å²) in [6, 6.07) is 20.1. The summed E-state index contributed by atoms with van der Waals surface area (Å²) in [4.78, 5) is 21.2. The van der Waals surface area contributed by atoms with Gasteiger partial charge in [0, 0.05) is 11.3 Å². The van der Waals surface area contributed by atoms with Crippen LogP contribution in [0.1, 0.15) is 6.92 Å². The summed E-state index contributed by atoms with van der Waals surface area (Å²) in [5.41, 5.74) is 3.04. The lowest BCUT2D eigenvalue weighted by Gasteiger charge is -2.12. The van der Waals surface area contributed by atoms with Crippen LogP contribution in [0.2, 0.25) is 0 Å². The monoisotopic (exact) mass is 436 g/mol. The van der Waals surface area contributed by atoms with Crippen LogP contribution in [0.25, 0.3) is 16.9 Å². The van der Waals surface area contributed by atoms with Crippen molar-refractivity contribution < 1.29 is 9.53 Å². The molecule has 30 heavy (non-hydrogen) atoms. The average molecular weight is 437 g/mol. The molecule has 0 unspecified atom stereocenters. The highest BCUT2D eigenvalue weighted by Gasteiger charge is 2.16. The molecule has 0 saturated carbocycles. The number of nitrogens with one attached hydrogen (secondary N) is 1. The number of ether oxygens (including phenoxy) is 1. The molecule has 0 aliphatic heterocycles. The summed E-state index contributed by atoms with van der Waals surface area (Å²) in [5, 5.41) is 4.79. The molecule has 8 heteroatoms. The van der Waals surface area contributed by atoms with Crippen molar-refractivity contribution in [3.8, 4) is 22.0 Å². The van der Waals surface area contributed by atoms with Gasteiger partial charge in [-0.05, 0) is 19.1 Å². The molecular weight excluding hydrogens is 416 g/mol. The molecule has 2 heterocycles. The van der Waals surface area contributed by atoms with E-state index < -0.39 is 0 Å². The van der Waals surface area contributed by atoms with Crippen LogP contribution >= 0.6 is 23.1 Å². The van der Waals surface area contributed by atoms with Crippen LogP contribution in [-0.2, 0) is 4.79 Å². The Morgan fingerprint density at radius 3 is 2.53 bits per heavy atom. The molecule has 0 bridgehead atoms. The number of hydrogen-bond donors (Lipinski definition) is 1. The number of nitrogens with zero attached hydrogens (tertiary/aromatic N) is 3. The summed E-state index contributed by atoms with van der Waals surface area (Å²) in [6.45, 7) is 2.48. The van der Waals surface area contributed by atoms with Crippen molar-refractivity contribution in [3.05, 3.63) is 73.1 Å². The van der Waals surface area contributed by atoms with Crippen LogP contribution in [0.3, 0.4) is 0 Å². The van der Waals surface area contributed by atoms with Crippen molar-refractivity contribution >= 4 is 34.1 Å². The van der Waals surface area contributed by atoms with Gasteiger partial charge in [-0.25, -0.2) is 9.97 Å². The standard InChI is InChI=1S/C22H20N4O2S2/c1-2-28-20-14-23-21(30-20)25-19(27)15-29-22-24-13-18(16-9-5-3-6-10-16)26(22)17-11-7-4-8-12-17/h3-14H,2,15H2,1H3,(H,23,25,27). The quantitative estimate of drug-likeness (QED) is 0.388. The number of benzene rings is 2. The Morgan fingerprint density at radius 2 is 1.80 bits per heavy atom. The van der Waals surface area contributed by atoms with Crippen LogP contribution < -0.4 is 10.1 Å². The van der Waals surface area contributed by atoms with Crippen LogP contribution in [0, 0.1) is 0 Å². The predicted octanol–water partition coefficient (Wildman–Crippen LogP) is 5.13. The zero-order chi connectivity index (χ0) is 20.8. The number of rotatable bonds is 8. The fourth-order valence-electron chi connectivity index (χ4n) is 2.89. The van der Waals surface area contributed by atoms with E-state index in [-0.39, 0.29) is 11.7 Å². The molecular formula is C22H20N4O2S2. The maximum atomic E-state index is 12.4. The third-order valence-corrected chi connectivity index (χ3v) is 5.94. The summed E-state index contributed by atoms with van der Waals surface area (Å²) in [5.74, 6) is 0.0861. The number of anilines is 1. The summed E-state index contributed by atoms with van der Waals surface area (Å²) >= 11 is 2.70. The fourth-order valence-corrected chi connectivity index (χ4v) is 4.42. The van der Waals surface area contributed by atoms with E-state index in [9.17, 15) is 4.79 Å². The second-order valence-corrected chi connectivity index (χ2v) is 8.15. The van der Waals surface area contributed by atoms with E-state index in [1.807, 2.05) is 61.7 Å². The fraction of sp³-hybridized carbons (Fsp3) is 0.136. The average Bonchev–Trinajstić information content (AvgIpc) is 3.40. The van der Waals surface area contributed by atoms with Gasteiger partial charge in [0.2, 0.25) is 5.91 Å². The van der Waals surface area contributed by atoms with Crippen LogP contribution in [0.15, 0.2) is 78.2 Å². The molecule has 0 radical (unpaired) electrons. The largest absolute Gasteiger partial charge is 0.483 e. The zero-order valence-corrected chi connectivity index (χ0v) is 18.0. The number of amides is 1.